The third kappa shape index (κ3) is 3.58. The van der Waals surface area contributed by atoms with Gasteiger partial charge in [0.05, 0.1) is 0 Å². The van der Waals surface area contributed by atoms with Crippen molar-refractivity contribution in [3.05, 3.63) is 77.4 Å². The maximum Gasteiger partial charge on any atom is 0.261 e. The van der Waals surface area contributed by atoms with Crippen LogP contribution in [0.3, 0.4) is 0 Å². The van der Waals surface area contributed by atoms with Crippen LogP contribution in [0.1, 0.15) is 30.9 Å². The highest BCUT2D eigenvalue weighted by molar-refractivity contribution is 6.04. The van der Waals surface area contributed by atoms with Gasteiger partial charge in [0.15, 0.2) is 0 Å². The molecule has 108 valence electrons. The van der Waals surface area contributed by atoms with Gasteiger partial charge in [-0.3, -0.25) is 10.2 Å². The smallest absolute Gasteiger partial charge is 0.261 e. The van der Waals surface area contributed by atoms with Crippen LogP contribution in [0.4, 0.5) is 0 Å². The number of amides is 1. The van der Waals surface area contributed by atoms with Crippen molar-refractivity contribution in [2.75, 3.05) is 0 Å². The average Bonchev–Trinajstić information content (AvgIpc) is 2.55. The Balaban J connectivity index is 2.67. The van der Waals surface area contributed by atoms with Gasteiger partial charge in [-0.25, -0.2) is 5.84 Å². The molecule has 1 amide bonds. The molecule has 0 aliphatic rings. The molecule has 0 aliphatic heterocycles. The lowest BCUT2D eigenvalue weighted by Crippen LogP contribution is -2.32. The van der Waals surface area contributed by atoms with Crippen LogP contribution in [0.2, 0.25) is 0 Å². The second-order valence-electron chi connectivity index (χ2n) is 4.81. The highest BCUT2D eigenvalue weighted by Gasteiger charge is 2.16. The van der Waals surface area contributed by atoms with Crippen molar-refractivity contribution in [1.29, 1.82) is 0 Å². The Hall–Kier alpha value is -2.39. The van der Waals surface area contributed by atoms with Crippen LogP contribution in [-0.4, -0.2) is 5.91 Å². The Labute approximate surface area is 125 Å². The molecule has 21 heavy (non-hydrogen) atoms. The van der Waals surface area contributed by atoms with Crippen LogP contribution in [0.25, 0.3) is 5.57 Å². The van der Waals surface area contributed by atoms with Crippen molar-refractivity contribution in [3.8, 4) is 0 Å². The van der Waals surface area contributed by atoms with Gasteiger partial charge in [0, 0.05) is 5.57 Å². The van der Waals surface area contributed by atoms with E-state index < -0.39 is 0 Å². The molecule has 0 spiro atoms. The van der Waals surface area contributed by atoms with Gasteiger partial charge in [-0.1, -0.05) is 74.0 Å². The zero-order valence-electron chi connectivity index (χ0n) is 12.2. The standard InChI is InChI=1S/C18H20N2O/c1-2-9-16(18(21)20-19)17(14-10-5-3-6-11-14)15-12-7-4-8-13-15/h3-8,10-13H,2,9,19H2,1H3,(H,20,21). The minimum Gasteiger partial charge on any atom is -0.290 e. The van der Waals surface area contributed by atoms with Gasteiger partial charge in [-0.2, -0.15) is 0 Å². The number of nitrogens with one attached hydrogen (secondary N) is 1. The molecule has 3 nitrogen and oxygen atoms in total. The summed E-state index contributed by atoms with van der Waals surface area (Å²) in [5.74, 6) is 5.14. The van der Waals surface area contributed by atoms with Crippen LogP contribution in [0, 0.1) is 0 Å². The first-order valence-electron chi connectivity index (χ1n) is 7.12. The fourth-order valence-electron chi connectivity index (χ4n) is 2.41. The number of hydrazine groups is 1. The molecule has 0 aliphatic carbocycles. The molecule has 0 radical (unpaired) electrons. The van der Waals surface area contributed by atoms with Crippen LogP contribution < -0.4 is 11.3 Å². The second-order valence-corrected chi connectivity index (χ2v) is 4.81. The van der Waals surface area contributed by atoms with E-state index in [4.69, 9.17) is 5.84 Å². The minimum absolute atomic E-state index is 0.223. The van der Waals surface area contributed by atoms with Crippen molar-refractivity contribution in [3.63, 3.8) is 0 Å². The van der Waals surface area contributed by atoms with Crippen LogP contribution in [0.5, 0.6) is 0 Å². The fourth-order valence-corrected chi connectivity index (χ4v) is 2.41. The number of carbonyl (C=O) groups excluding carboxylic acids is 1. The van der Waals surface area contributed by atoms with Crippen LogP contribution in [-0.2, 0) is 4.79 Å². The zero-order chi connectivity index (χ0) is 15.1. The monoisotopic (exact) mass is 280 g/mol. The summed E-state index contributed by atoms with van der Waals surface area (Å²) in [5.41, 5.74) is 5.99. The molecule has 3 heteroatoms. The summed E-state index contributed by atoms with van der Waals surface area (Å²) in [6.45, 7) is 2.05. The first-order valence-corrected chi connectivity index (χ1v) is 7.12. The van der Waals surface area contributed by atoms with E-state index in [1.807, 2.05) is 60.7 Å². The SMILES string of the molecule is CCCC(C(=O)NN)=C(c1ccccc1)c1ccccc1. The quantitative estimate of drug-likeness (QED) is 0.382. The Bertz CT molecular complexity index is 577. The number of benzene rings is 2. The molecule has 0 unspecified atom stereocenters. The van der Waals surface area contributed by atoms with Gasteiger partial charge in [-0.05, 0) is 23.1 Å². The predicted octanol–water partition coefficient (Wildman–Crippen LogP) is 3.28. The first kappa shape index (κ1) is 15.0. The number of carbonyl (C=O) groups is 1. The Morgan fingerprint density at radius 2 is 1.43 bits per heavy atom. The maximum absolute atomic E-state index is 12.2. The number of rotatable bonds is 5. The lowest BCUT2D eigenvalue weighted by atomic mass is 9.90. The van der Waals surface area contributed by atoms with Crippen molar-refractivity contribution < 1.29 is 4.79 Å². The van der Waals surface area contributed by atoms with Crippen LogP contribution >= 0.6 is 0 Å². The molecule has 3 N–H and O–H groups in total. The summed E-state index contributed by atoms with van der Waals surface area (Å²) in [7, 11) is 0. The molecule has 0 bridgehead atoms. The summed E-state index contributed by atoms with van der Waals surface area (Å²) < 4.78 is 0. The van der Waals surface area contributed by atoms with E-state index in [1.54, 1.807) is 0 Å². The molecule has 0 atom stereocenters. The number of hydrogen-bond acceptors (Lipinski definition) is 2. The molecule has 0 saturated heterocycles. The highest BCUT2D eigenvalue weighted by atomic mass is 16.2. The van der Waals surface area contributed by atoms with Gasteiger partial charge in [-0.15, -0.1) is 0 Å². The predicted molar refractivity (Wildman–Crippen MR) is 86.1 cm³/mol. The van der Waals surface area contributed by atoms with Crippen LogP contribution in [0.15, 0.2) is 66.2 Å². The van der Waals surface area contributed by atoms with Gasteiger partial charge in [0.2, 0.25) is 0 Å². The fraction of sp³-hybridized carbons (Fsp3) is 0.167. The van der Waals surface area contributed by atoms with Gasteiger partial charge >= 0.3 is 0 Å². The summed E-state index contributed by atoms with van der Waals surface area (Å²) in [4.78, 5) is 12.2. The Morgan fingerprint density at radius 3 is 1.81 bits per heavy atom. The molecule has 2 rings (SSSR count). The summed E-state index contributed by atoms with van der Waals surface area (Å²) in [6, 6.07) is 19.9. The summed E-state index contributed by atoms with van der Waals surface area (Å²) >= 11 is 0. The normalized spacial score (nSPS) is 10.0. The van der Waals surface area contributed by atoms with E-state index >= 15 is 0 Å². The largest absolute Gasteiger partial charge is 0.290 e. The lowest BCUT2D eigenvalue weighted by Gasteiger charge is -2.15. The summed E-state index contributed by atoms with van der Waals surface area (Å²) in [6.07, 6.45) is 1.56. The third-order valence-electron chi connectivity index (χ3n) is 3.33. The van der Waals surface area contributed by atoms with Gasteiger partial charge in [0.25, 0.3) is 5.91 Å². The Kier molecular flexibility index (Phi) is 5.29. The van der Waals surface area contributed by atoms with E-state index in [0.29, 0.717) is 6.42 Å². The Morgan fingerprint density at radius 1 is 0.952 bits per heavy atom. The van der Waals surface area contributed by atoms with E-state index in [0.717, 1.165) is 28.7 Å². The molecular weight excluding hydrogens is 260 g/mol. The van der Waals surface area contributed by atoms with Crippen molar-refractivity contribution in [2.24, 2.45) is 5.84 Å². The third-order valence-corrected chi connectivity index (χ3v) is 3.33. The maximum atomic E-state index is 12.2. The number of hydrogen-bond donors (Lipinski definition) is 2. The number of nitrogens with two attached hydrogens (primary N) is 1. The zero-order valence-corrected chi connectivity index (χ0v) is 12.2. The van der Waals surface area contributed by atoms with E-state index in [9.17, 15) is 4.79 Å². The molecule has 0 saturated carbocycles. The van der Waals surface area contributed by atoms with E-state index in [2.05, 4.69) is 12.3 Å². The van der Waals surface area contributed by atoms with E-state index in [-0.39, 0.29) is 5.91 Å². The first-order chi connectivity index (χ1) is 10.3. The molecule has 0 heterocycles. The topological polar surface area (TPSA) is 55.1 Å². The van der Waals surface area contributed by atoms with Gasteiger partial charge < -0.3 is 0 Å². The molecule has 2 aromatic carbocycles. The molecule has 0 aromatic heterocycles. The van der Waals surface area contributed by atoms with Gasteiger partial charge in [0.1, 0.15) is 0 Å². The average molecular weight is 280 g/mol. The summed E-state index contributed by atoms with van der Waals surface area (Å²) in [5, 5.41) is 0. The second kappa shape index (κ2) is 7.41. The van der Waals surface area contributed by atoms with E-state index in [1.165, 1.54) is 0 Å². The molecular formula is C18H20N2O. The van der Waals surface area contributed by atoms with Crippen molar-refractivity contribution in [1.82, 2.24) is 5.43 Å². The minimum atomic E-state index is -0.223. The highest BCUT2D eigenvalue weighted by Crippen LogP contribution is 2.29. The molecule has 0 fully saturated rings. The lowest BCUT2D eigenvalue weighted by molar-refractivity contribution is -0.117. The van der Waals surface area contributed by atoms with Crippen molar-refractivity contribution in [2.45, 2.75) is 19.8 Å². The molecule has 2 aromatic rings. The van der Waals surface area contributed by atoms with Crippen molar-refractivity contribution >= 4 is 11.5 Å².